The van der Waals surface area contributed by atoms with Gasteiger partial charge in [-0.15, -0.1) is 0 Å². The first-order valence-electron chi connectivity index (χ1n) is 8.62. The molecular weight excluding hydrogens is 336 g/mol. The van der Waals surface area contributed by atoms with Crippen molar-refractivity contribution in [3.63, 3.8) is 0 Å². The van der Waals surface area contributed by atoms with Crippen LogP contribution in [0.25, 0.3) is 0 Å². The van der Waals surface area contributed by atoms with Crippen molar-refractivity contribution in [1.82, 2.24) is 10.6 Å². The van der Waals surface area contributed by atoms with Gasteiger partial charge in [-0.1, -0.05) is 32.9 Å². The zero-order chi connectivity index (χ0) is 19.7. The molecule has 144 valence electrons. The van der Waals surface area contributed by atoms with Crippen LogP contribution in [-0.2, 0) is 20.9 Å². The number of nitrogens with one attached hydrogen (secondary N) is 2. The second-order valence-corrected chi connectivity index (χ2v) is 7.15. The van der Waals surface area contributed by atoms with Gasteiger partial charge in [0.15, 0.2) is 0 Å². The summed E-state index contributed by atoms with van der Waals surface area (Å²) >= 11 is 0. The standard InChI is InChI=1S/C19H28N2O5/c1-13(21-18(25)19(2,3)4)17(24)20-12-14-7-9-15(10-8-14)26-11-5-6-16(22)23/h7-10,13H,5-6,11-12H2,1-4H3,(H,20,24)(H,21,25)(H,22,23). The largest absolute Gasteiger partial charge is 0.494 e. The SMILES string of the molecule is CC(NC(=O)C(C)(C)C)C(=O)NCc1ccc(OCCCC(=O)O)cc1. The van der Waals surface area contributed by atoms with Crippen LogP contribution in [-0.4, -0.2) is 35.5 Å². The fourth-order valence-electron chi connectivity index (χ4n) is 1.94. The molecule has 1 aromatic rings. The smallest absolute Gasteiger partial charge is 0.303 e. The summed E-state index contributed by atoms with van der Waals surface area (Å²) in [6, 6.07) is 6.58. The molecule has 0 aliphatic heterocycles. The van der Waals surface area contributed by atoms with Crippen molar-refractivity contribution in [3.05, 3.63) is 29.8 Å². The Morgan fingerprint density at radius 1 is 1.15 bits per heavy atom. The van der Waals surface area contributed by atoms with E-state index in [1.165, 1.54) is 0 Å². The number of hydrogen-bond acceptors (Lipinski definition) is 4. The van der Waals surface area contributed by atoms with Crippen LogP contribution in [0.4, 0.5) is 0 Å². The van der Waals surface area contributed by atoms with E-state index in [9.17, 15) is 14.4 Å². The fraction of sp³-hybridized carbons (Fsp3) is 0.526. The van der Waals surface area contributed by atoms with E-state index in [-0.39, 0.29) is 18.2 Å². The number of hydrogen-bond donors (Lipinski definition) is 3. The Hall–Kier alpha value is -2.57. The highest BCUT2D eigenvalue weighted by atomic mass is 16.5. The Labute approximate surface area is 154 Å². The molecular formula is C19H28N2O5. The lowest BCUT2D eigenvalue weighted by Gasteiger charge is -2.21. The number of carboxylic acid groups (broad SMARTS) is 1. The summed E-state index contributed by atoms with van der Waals surface area (Å²) in [6.07, 6.45) is 0.527. The van der Waals surface area contributed by atoms with E-state index in [1.807, 2.05) is 12.1 Å². The summed E-state index contributed by atoms with van der Waals surface area (Å²) in [5.41, 5.74) is 0.347. The average Bonchev–Trinajstić information content (AvgIpc) is 2.56. The van der Waals surface area contributed by atoms with Crippen molar-refractivity contribution >= 4 is 17.8 Å². The number of benzene rings is 1. The third-order valence-electron chi connectivity index (χ3n) is 3.62. The van der Waals surface area contributed by atoms with Gasteiger partial charge in [0.1, 0.15) is 11.8 Å². The second-order valence-electron chi connectivity index (χ2n) is 7.15. The molecule has 0 heterocycles. The molecule has 3 N–H and O–H groups in total. The quantitative estimate of drug-likeness (QED) is 0.582. The number of carboxylic acids is 1. The average molecular weight is 364 g/mol. The summed E-state index contributed by atoms with van der Waals surface area (Å²) in [7, 11) is 0. The highest BCUT2D eigenvalue weighted by Gasteiger charge is 2.24. The zero-order valence-corrected chi connectivity index (χ0v) is 15.8. The second kappa shape index (κ2) is 9.79. The first-order valence-corrected chi connectivity index (χ1v) is 8.62. The lowest BCUT2D eigenvalue weighted by atomic mass is 9.95. The minimum absolute atomic E-state index is 0.0774. The minimum Gasteiger partial charge on any atom is -0.494 e. The van der Waals surface area contributed by atoms with Gasteiger partial charge in [0.25, 0.3) is 0 Å². The molecule has 0 fully saturated rings. The predicted octanol–water partition coefficient (Wildman–Crippen LogP) is 2.10. The molecule has 7 heteroatoms. The fourth-order valence-corrected chi connectivity index (χ4v) is 1.94. The van der Waals surface area contributed by atoms with Crippen LogP contribution in [0.1, 0.15) is 46.1 Å². The third-order valence-corrected chi connectivity index (χ3v) is 3.62. The lowest BCUT2D eigenvalue weighted by Crippen LogP contribution is -2.48. The van der Waals surface area contributed by atoms with Gasteiger partial charge in [0.05, 0.1) is 6.61 Å². The Morgan fingerprint density at radius 3 is 2.31 bits per heavy atom. The molecule has 1 aromatic carbocycles. The van der Waals surface area contributed by atoms with Crippen LogP contribution in [0.3, 0.4) is 0 Å². The first kappa shape index (κ1) is 21.5. The first-order chi connectivity index (χ1) is 12.1. The molecule has 0 bridgehead atoms. The molecule has 0 saturated carbocycles. The number of ether oxygens (including phenoxy) is 1. The minimum atomic E-state index is -0.840. The number of aliphatic carboxylic acids is 1. The van der Waals surface area contributed by atoms with Gasteiger partial charge >= 0.3 is 5.97 Å². The highest BCUT2D eigenvalue weighted by Crippen LogP contribution is 2.14. The Bertz CT molecular complexity index is 620. The maximum absolute atomic E-state index is 12.1. The molecule has 7 nitrogen and oxygen atoms in total. The van der Waals surface area contributed by atoms with Crippen molar-refractivity contribution in [2.75, 3.05) is 6.61 Å². The van der Waals surface area contributed by atoms with Crippen LogP contribution >= 0.6 is 0 Å². The van der Waals surface area contributed by atoms with Crippen molar-refractivity contribution in [1.29, 1.82) is 0 Å². The maximum Gasteiger partial charge on any atom is 0.303 e. The molecule has 0 aliphatic carbocycles. The molecule has 0 spiro atoms. The van der Waals surface area contributed by atoms with Crippen LogP contribution < -0.4 is 15.4 Å². The van der Waals surface area contributed by atoms with E-state index < -0.39 is 17.4 Å². The van der Waals surface area contributed by atoms with Crippen LogP contribution in [0.2, 0.25) is 0 Å². The zero-order valence-electron chi connectivity index (χ0n) is 15.8. The van der Waals surface area contributed by atoms with Crippen molar-refractivity contribution in [2.45, 2.75) is 53.1 Å². The normalized spacial score (nSPS) is 12.2. The monoisotopic (exact) mass is 364 g/mol. The topological polar surface area (TPSA) is 105 Å². The molecule has 1 atom stereocenters. The van der Waals surface area contributed by atoms with Gasteiger partial charge in [0.2, 0.25) is 11.8 Å². The third kappa shape index (κ3) is 8.00. The van der Waals surface area contributed by atoms with E-state index in [1.54, 1.807) is 39.8 Å². The van der Waals surface area contributed by atoms with E-state index in [2.05, 4.69) is 10.6 Å². The summed E-state index contributed by atoms with van der Waals surface area (Å²) in [6.45, 7) is 7.70. The molecule has 0 saturated heterocycles. The van der Waals surface area contributed by atoms with E-state index >= 15 is 0 Å². The lowest BCUT2D eigenvalue weighted by molar-refractivity contribution is -0.137. The molecule has 1 rings (SSSR count). The molecule has 1 unspecified atom stereocenters. The van der Waals surface area contributed by atoms with Crippen LogP contribution in [0, 0.1) is 5.41 Å². The summed E-state index contributed by atoms with van der Waals surface area (Å²) in [5.74, 6) is -0.620. The van der Waals surface area contributed by atoms with Gasteiger partial charge in [-0.2, -0.15) is 0 Å². The number of carbonyl (C=O) groups is 3. The van der Waals surface area contributed by atoms with Crippen LogP contribution in [0.15, 0.2) is 24.3 Å². The highest BCUT2D eigenvalue weighted by molar-refractivity contribution is 5.89. The van der Waals surface area contributed by atoms with E-state index in [0.29, 0.717) is 25.3 Å². The van der Waals surface area contributed by atoms with Gasteiger partial charge in [-0.3, -0.25) is 14.4 Å². The van der Waals surface area contributed by atoms with E-state index in [0.717, 1.165) is 5.56 Å². The van der Waals surface area contributed by atoms with Gasteiger partial charge in [-0.05, 0) is 31.0 Å². The van der Waals surface area contributed by atoms with Crippen molar-refractivity contribution in [2.24, 2.45) is 5.41 Å². The Kier molecular flexibility index (Phi) is 8.09. The number of amides is 2. The molecule has 0 aliphatic rings. The van der Waals surface area contributed by atoms with Crippen molar-refractivity contribution < 1.29 is 24.2 Å². The number of carbonyl (C=O) groups excluding carboxylic acids is 2. The molecule has 26 heavy (non-hydrogen) atoms. The molecule has 2 amide bonds. The van der Waals surface area contributed by atoms with Gasteiger partial charge in [-0.25, -0.2) is 0 Å². The van der Waals surface area contributed by atoms with Gasteiger partial charge in [0, 0.05) is 18.4 Å². The molecule has 0 aromatic heterocycles. The van der Waals surface area contributed by atoms with E-state index in [4.69, 9.17) is 9.84 Å². The maximum atomic E-state index is 12.1. The Balaban J connectivity index is 2.39. The summed E-state index contributed by atoms with van der Waals surface area (Å²) in [5, 5.41) is 14.0. The van der Waals surface area contributed by atoms with Gasteiger partial charge < -0.3 is 20.5 Å². The summed E-state index contributed by atoms with van der Waals surface area (Å²) in [4.78, 5) is 34.4. The summed E-state index contributed by atoms with van der Waals surface area (Å²) < 4.78 is 5.45. The van der Waals surface area contributed by atoms with Crippen LogP contribution in [0.5, 0.6) is 5.75 Å². The predicted molar refractivity (Wildman–Crippen MR) is 97.7 cm³/mol. The van der Waals surface area contributed by atoms with Crippen molar-refractivity contribution in [3.8, 4) is 5.75 Å². The number of rotatable bonds is 9. The molecule has 0 radical (unpaired) electrons. The Morgan fingerprint density at radius 2 is 1.77 bits per heavy atom.